The summed E-state index contributed by atoms with van der Waals surface area (Å²) in [6, 6.07) is 5.03. The Hall–Kier alpha value is -3.80. The third kappa shape index (κ3) is 5.60. The number of rotatable bonds is 7. The molecule has 0 aromatic carbocycles. The van der Waals surface area contributed by atoms with Crippen LogP contribution in [0.1, 0.15) is 75.9 Å². The molecular formula is C32H39F3N8O. The number of nitrogens with zero attached hydrogens (tertiary/aromatic N) is 7. The molecule has 0 amide bonds. The lowest BCUT2D eigenvalue weighted by atomic mass is 9.58. The van der Waals surface area contributed by atoms with E-state index in [-0.39, 0.29) is 11.6 Å². The Kier molecular flexibility index (Phi) is 7.75. The minimum atomic E-state index is -4.67. The molecule has 234 valence electrons. The number of alkyl halides is 3. The maximum Gasteiger partial charge on any atom is 0.419 e. The van der Waals surface area contributed by atoms with Gasteiger partial charge >= 0.3 is 6.18 Å². The summed E-state index contributed by atoms with van der Waals surface area (Å²) in [5.74, 6) is 2.32. The first kappa shape index (κ1) is 30.2. The summed E-state index contributed by atoms with van der Waals surface area (Å²) >= 11 is 0. The van der Waals surface area contributed by atoms with E-state index in [9.17, 15) is 18.0 Å². The number of aryl methyl sites for hydroxylation is 1. The predicted octanol–water partition coefficient (Wildman–Crippen LogP) is 5.67. The summed E-state index contributed by atoms with van der Waals surface area (Å²) in [4.78, 5) is 25.2. The number of hydrogen-bond donors (Lipinski definition) is 1. The lowest BCUT2D eigenvalue weighted by molar-refractivity contribution is -0.136. The Bertz CT molecular complexity index is 1740. The third-order valence-corrected chi connectivity index (χ3v) is 8.94. The van der Waals surface area contributed by atoms with Gasteiger partial charge in [0.25, 0.3) is 5.56 Å². The van der Waals surface area contributed by atoms with Crippen LogP contribution >= 0.6 is 0 Å². The van der Waals surface area contributed by atoms with E-state index in [2.05, 4.69) is 39.2 Å². The fraction of sp³-hybridized carbons (Fsp3) is 0.531. The van der Waals surface area contributed by atoms with Crippen LogP contribution in [0.25, 0.3) is 16.9 Å². The maximum absolute atomic E-state index is 14.3. The number of likely N-dealkylation sites (tertiary alicyclic amines) is 1. The van der Waals surface area contributed by atoms with Crippen LogP contribution in [0.3, 0.4) is 0 Å². The van der Waals surface area contributed by atoms with Gasteiger partial charge in [-0.15, -0.1) is 10.2 Å². The van der Waals surface area contributed by atoms with Crippen molar-refractivity contribution >= 4 is 11.5 Å². The van der Waals surface area contributed by atoms with Crippen molar-refractivity contribution in [3.05, 3.63) is 69.8 Å². The van der Waals surface area contributed by atoms with Crippen molar-refractivity contribution in [2.24, 2.45) is 18.9 Å². The fourth-order valence-electron chi connectivity index (χ4n) is 7.11. The Morgan fingerprint density at radius 1 is 1.14 bits per heavy atom. The summed E-state index contributed by atoms with van der Waals surface area (Å²) in [5.41, 5.74) is -0.528. The Morgan fingerprint density at radius 3 is 2.55 bits per heavy atom. The number of anilines is 1. The molecule has 1 N–H and O–H groups in total. The Labute approximate surface area is 254 Å². The van der Waals surface area contributed by atoms with E-state index in [0.717, 1.165) is 60.6 Å². The normalized spacial score (nSPS) is 22.8. The number of pyridine rings is 2. The van der Waals surface area contributed by atoms with Gasteiger partial charge in [-0.1, -0.05) is 13.8 Å². The van der Waals surface area contributed by atoms with Crippen LogP contribution in [0, 0.1) is 11.8 Å². The van der Waals surface area contributed by atoms with E-state index in [1.165, 1.54) is 12.4 Å². The quantitative estimate of drug-likeness (QED) is 0.289. The molecule has 0 spiro atoms. The molecule has 2 fully saturated rings. The van der Waals surface area contributed by atoms with Crippen LogP contribution in [-0.2, 0) is 25.2 Å². The second-order valence-electron chi connectivity index (χ2n) is 13.2. The van der Waals surface area contributed by atoms with Gasteiger partial charge in [-0.05, 0) is 87.2 Å². The molecule has 4 aromatic heterocycles. The number of nitrogens with one attached hydrogen (secondary N) is 1. The standard InChI is InChI=1S/C32H39F3N8O/c1-19(2)38-27-11-23(31(12-21(4)13-31)30-40-37-18-41(30)5)10-26(39-27)24-14-36-28-25(32(33,34)35)9-22(17-43(28)29(24)44)16-42-8-6-7-20(3)15-42/h9-11,14,17-21H,6-8,12-13,15-16H2,1-5H3,(H,38,39)/t20-,21?,31?/m0/s1. The highest BCUT2D eigenvalue weighted by atomic mass is 19.4. The Morgan fingerprint density at radius 2 is 1.91 bits per heavy atom. The molecule has 12 heteroatoms. The van der Waals surface area contributed by atoms with Crippen LogP contribution in [0.4, 0.5) is 19.0 Å². The monoisotopic (exact) mass is 608 g/mol. The molecule has 6 rings (SSSR count). The maximum atomic E-state index is 14.3. The molecule has 0 unspecified atom stereocenters. The van der Waals surface area contributed by atoms with E-state index in [1.807, 2.05) is 37.6 Å². The van der Waals surface area contributed by atoms with E-state index in [1.54, 1.807) is 6.33 Å². The van der Waals surface area contributed by atoms with E-state index >= 15 is 0 Å². The summed E-state index contributed by atoms with van der Waals surface area (Å²) in [6.45, 7) is 10.3. The number of hydrogen-bond acceptors (Lipinski definition) is 7. The zero-order valence-electron chi connectivity index (χ0n) is 25.8. The van der Waals surface area contributed by atoms with Gasteiger partial charge in [0.1, 0.15) is 18.0 Å². The van der Waals surface area contributed by atoms with E-state index in [0.29, 0.717) is 35.5 Å². The molecular weight excluding hydrogens is 569 g/mol. The van der Waals surface area contributed by atoms with Gasteiger partial charge < -0.3 is 9.88 Å². The van der Waals surface area contributed by atoms with Gasteiger partial charge in [0.05, 0.1) is 22.2 Å². The zero-order chi connectivity index (χ0) is 31.4. The Balaban J connectivity index is 1.51. The van der Waals surface area contributed by atoms with Crippen LogP contribution in [0.15, 0.2) is 41.7 Å². The average Bonchev–Trinajstić information content (AvgIpc) is 3.36. The second kappa shape index (κ2) is 11.3. The topological polar surface area (TPSA) is 93.2 Å². The first-order valence-electron chi connectivity index (χ1n) is 15.3. The van der Waals surface area contributed by atoms with Crippen molar-refractivity contribution in [3.8, 4) is 11.3 Å². The van der Waals surface area contributed by atoms with Gasteiger partial charge in [-0.25, -0.2) is 9.97 Å². The van der Waals surface area contributed by atoms with Crippen molar-refractivity contribution in [1.29, 1.82) is 0 Å². The molecule has 1 aliphatic carbocycles. The van der Waals surface area contributed by atoms with Gasteiger partial charge in [0.2, 0.25) is 0 Å². The molecule has 4 aromatic rings. The van der Waals surface area contributed by atoms with Gasteiger partial charge in [-0.2, -0.15) is 13.2 Å². The SMILES string of the molecule is CC1CC(c2cc(NC(C)C)nc(-c3cnc4c(C(F)(F)F)cc(CN5CCC[C@H](C)C5)cn4c3=O)c2)(c2nncn2C)C1. The van der Waals surface area contributed by atoms with Gasteiger partial charge in [0.15, 0.2) is 5.65 Å². The highest BCUT2D eigenvalue weighted by Crippen LogP contribution is 2.52. The lowest BCUT2D eigenvalue weighted by Gasteiger charge is -2.46. The van der Waals surface area contributed by atoms with Crippen molar-refractivity contribution in [2.45, 2.75) is 77.6 Å². The second-order valence-corrected chi connectivity index (χ2v) is 13.2. The van der Waals surface area contributed by atoms with Crippen LogP contribution < -0.4 is 10.9 Å². The van der Waals surface area contributed by atoms with Crippen molar-refractivity contribution < 1.29 is 13.2 Å². The summed E-state index contributed by atoms with van der Waals surface area (Å²) < 4.78 is 45.8. The molecule has 1 saturated heterocycles. The van der Waals surface area contributed by atoms with Gasteiger partial charge in [0, 0.05) is 38.6 Å². The molecule has 2 aliphatic rings. The first-order valence-corrected chi connectivity index (χ1v) is 15.3. The van der Waals surface area contributed by atoms with Crippen molar-refractivity contribution in [1.82, 2.24) is 34.0 Å². The molecule has 1 atom stereocenters. The van der Waals surface area contributed by atoms with Crippen LogP contribution in [0.2, 0.25) is 0 Å². The minimum absolute atomic E-state index is 0.0573. The number of fused-ring (bicyclic) bond motifs is 1. The summed E-state index contributed by atoms with van der Waals surface area (Å²) in [7, 11) is 1.91. The molecule has 9 nitrogen and oxygen atoms in total. The summed E-state index contributed by atoms with van der Waals surface area (Å²) in [6.07, 6.45) is 3.51. The van der Waals surface area contributed by atoms with Crippen molar-refractivity contribution in [3.63, 3.8) is 0 Å². The van der Waals surface area contributed by atoms with E-state index < -0.39 is 28.4 Å². The molecule has 0 bridgehead atoms. The average molecular weight is 609 g/mol. The summed E-state index contributed by atoms with van der Waals surface area (Å²) in [5, 5.41) is 11.9. The predicted molar refractivity (Wildman–Crippen MR) is 162 cm³/mol. The highest BCUT2D eigenvalue weighted by Gasteiger charge is 2.48. The highest BCUT2D eigenvalue weighted by molar-refractivity contribution is 5.65. The fourth-order valence-corrected chi connectivity index (χ4v) is 7.11. The molecule has 44 heavy (non-hydrogen) atoms. The first-order chi connectivity index (χ1) is 20.8. The van der Waals surface area contributed by atoms with Crippen LogP contribution in [0.5, 0.6) is 0 Å². The molecule has 0 radical (unpaired) electrons. The third-order valence-electron chi connectivity index (χ3n) is 8.94. The molecule has 1 aliphatic heterocycles. The van der Waals surface area contributed by atoms with Crippen LogP contribution in [-0.4, -0.2) is 53.2 Å². The van der Waals surface area contributed by atoms with Crippen molar-refractivity contribution in [2.75, 3.05) is 18.4 Å². The number of aromatic nitrogens is 6. The van der Waals surface area contributed by atoms with Gasteiger partial charge in [-0.3, -0.25) is 14.1 Å². The van der Waals surface area contributed by atoms with E-state index in [4.69, 9.17) is 4.98 Å². The smallest absolute Gasteiger partial charge is 0.368 e. The molecule has 1 saturated carbocycles. The minimum Gasteiger partial charge on any atom is -0.368 e. The number of halogens is 3. The largest absolute Gasteiger partial charge is 0.419 e. The number of piperidine rings is 1. The molecule has 5 heterocycles. The lowest BCUT2D eigenvalue weighted by Crippen LogP contribution is -2.43. The zero-order valence-corrected chi connectivity index (χ0v) is 25.8.